The summed E-state index contributed by atoms with van der Waals surface area (Å²) in [6.45, 7) is 2.39. The number of hydrogen-bond acceptors (Lipinski definition) is 6. The summed E-state index contributed by atoms with van der Waals surface area (Å²) in [5.74, 6) is -0.995. The fourth-order valence-electron chi connectivity index (χ4n) is 2.27. The summed E-state index contributed by atoms with van der Waals surface area (Å²) in [5, 5.41) is 17.4. The highest BCUT2D eigenvalue weighted by Crippen LogP contribution is 2.33. The van der Waals surface area contributed by atoms with E-state index < -0.39 is 16.0 Å². The Bertz CT molecular complexity index is 851. The number of carboxylic acids is 1. The van der Waals surface area contributed by atoms with E-state index in [2.05, 4.69) is 10.2 Å². The zero-order valence-electron chi connectivity index (χ0n) is 11.9. The first kappa shape index (κ1) is 14.6. The molecule has 1 atom stereocenters. The Balaban J connectivity index is 2.15. The van der Waals surface area contributed by atoms with Crippen LogP contribution in [0.15, 0.2) is 12.4 Å². The lowest BCUT2D eigenvalue weighted by molar-refractivity contribution is 0.0684. The summed E-state index contributed by atoms with van der Waals surface area (Å²) in [5.41, 5.74) is 0.368. The standard InChI is InChI=1S/C12H14N4O5S/c1-7-3-4-15-11(21-7)9(12(17)18)10(14-15)8-5-13-16(6-8)22(2,19)20/h5-7H,3-4H2,1-2H3,(H,17,18)/t7-/m1/s1. The summed E-state index contributed by atoms with van der Waals surface area (Å²) >= 11 is 0. The fourth-order valence-corrected chi connectivity index (χ4v) is 2.80. The van der Waals surface area contributed by atoms with Crippen LogP contribution in [0, 0.1) is 0 Å². The number of aromatic nitrogens is 4. The van der Waals surface area contributed by atoms with Gasteiger partial charge in [-0.1, -0.05) is 0 Å². The van der Waals surface area contributed by atoms with E-state index in [1.165, 1.54) is 17.1 Å². The van der Waals surface area contributed by atoms with E-state index in [9.17, 15) is 18.3 Å². The molecular formula is C12H14N4O5S. The molecule has 0 aliphatic carbocycles. The molecule has 0 saturated heterocycles. The van der Waals surface area contributed by atoms with E-state index in [0.29, 0.717) is 12.1 Å². The lowest BCUT2D eigenvalue weighted by atomic mass is 10.1. The molecule has 118 valence electrons. The van der Waals surface area contributed by atoms with Crippen molar-refractivity contribution in [2.75, 3.05) is 6.26 Å². The van der Waals surface area contributed by atoms with Gasteiger partial charge in [0.1, 0.15) is 11.3 Å². The minimum atomic E-state index is -3.54. The van der Waals surface area contributed by atoms with Crippen LogP contribution in [0.1, 0.15) is 23.7 Å². The van der Waals surface area contributed by atoms with Crippen molar-refractivity contribution in [3.63, 3.8) is 0 Å². The summed E-state index contributed by atoms with van der Waals surface area (Å²) in [7, 11) is -3.54. The van der Waals surface area contributed by atoms with Gasteiger partial charge in [-0.05, 0) is 6.92 Å². The van der Waals surface area contributed by atoms with Gasteiger partial charge in [0.15, 0.2) is 0 Å². The second kappa shape index (κ2) is 4.83. The Labute approximate surface area is 126 Å². The molecule has 3 rings (SSSR count). The lowest BCUT2D eigenvalue weighted by Crippen LogP contribution is -2.24. The predicted molar refractivity (Wildman–Crippen MR) is 75.4 cm³/mol. The number of rotatable bonds is 3. The molecule has 0 unspecified atom stereocenters. The number of aryl methyl sites for hydroxylation is 1. The quantitative estimate of drug-likeness (QED) is 0.869. The maximum atomic E-state index is 11.6. The lowest BCUT2D eigenvalue weighted by Gasteiger charge is -2.21. The number of nitrogens with zero attached hydrogens (tertiary/aromatic N) is 4. The van der Waals surface area contributed by atoms with Crippen molar-refractivity contribution in [1.82, 2.24) is 19.0 Å². The average molecular weight is 326 g/mol. The van der Waals surface area contributed by atoms with E-state index in [-0.39, 0.29) is 23.2 Å². The summed E-state index contributed by atoms with van der Waals surface area (Å²) in [6.07, 6.45) is 4.12. The second-order valence-electron chi connectivity index (χ2n) is 5.14. The van der Waals surface area contributed by atoms with Gasteiger partial charge in [0.05, 0.1) is 24.8 Å². The average Bonchev–Trinajstić information content (AvgIpc) is 3.00. The molecule has 0 bridgehead atoms. The van der Waals surface area contributed by atoms with Crippen molar-refractivity contribution in [1.29, 1.82) is 0 Å². The number of carbonyl (C=O) groups is 1. The zero-order valence-corrected chi connectivity index (χ0v) is 12.7. The number of ether oxygens (including phenoxy) is 1. The van der Waals surface area contributed by atoms with Crippen molar-refractivity contribution in [2.45, 2.75) is 26.0 Å². The van der Waals surface area contributed by atoms with Crippen LogP contribution in [-0.4, -0.2) is 50.8 Å². The van der Waals surface area contributed by atoms with Gasteiger partial charge in [-0.15, -0.1) is 0 Å². The maximum absolute atomic E-state index is 11.6. The van der Waals surface area contributed by atoms with Gasteiger partial charge < -0.3 is 9.84 Å². The summed E-state index contributed by atoms with van der Waals surface area (Å²) in [4.78, 5) is 11.6. The first-order valence-electron chi connectivity index (χ1n) is 6.53. The van der Waals surface area contributed by atoms with Gasteiger partial charge >= 0.3 is 5.97 Å². The summed E-state index contributed by atoms with van der Waals surface area (Å²) < 4.78 is 30.8. The molecule has 0 amide bonds. The molecule has 0 spiro atoms. The normalized spacial score (nSPS) is 17.8. The largest absolute Gasteiger partial charge is 0.477 e. The van der Waals surface area contributed by atoms with E-state index in [4.69, 9.17) is 4.74 Å². The topological polar surface area (TPSA) is 116 Å². The summed E-state index contributed by atoms with van der Waals surface area (Å²) in [6, 6.07) is 0. The fraction of sp³-hybridized carbons (Fsp3) is 0.417. The Hall–Kier alpha value is -2.36. The Morgan fingerprint density at radius 1 is 1.50 bits per heavy atom. The van der Waals surface area contributed by atoms with Gasteiger partial charge in [-0.3, -0.25) is 0 Å². The molecule has 0 fully saturated rings. The third-order valence-electron chi connectivity index (χ3n) is 3.35. The predicted octanol–water partition coefficient (Wildman–Crippen LogP) is 0.423. The van der Waals surface area contributed by atoms with E-state index in [1.54, 1.807) is 0 Å². The van der Waals surface area contributed by atoms with Gasteiger partial charge in [-0.2, -0.15) is 14.3 Å². The Morgan fingerprint density at radius 3 is 2.82 bits per heavy atom. The number of carboxylic acid groups (broad SMARTS) is 1. The molecular weight excluding hydrogens is 312 g/mol. The van der Waals surface area contributed by atoms with Crippen LogP contribution in [0.2, 0.25) is 0 Å². The minimum absolute atomic E-state index is 0.0837. The smallest absolute Gasteiger partial charge is 0.343 e. The molecule has 1 aliphatic rings. The molecule has 10 heteroatoms. The number of aromatic carboxylic acids is 1. The van der Waals surface area contributed by atoms with Crippen molar-refractivity contribution < 1.29 is 23.1 Å². The number of hydrogen-bond donors (Lipinski definition) is 1. The molecule has 3 heterocycles. The van der Waals surface area contributed by atoms with Crippen LogP contribution >= 0.6 is 0 Å². The molecule has 2 aromatic heterocycles. The third-order valence-corrected chi connectivity index (χ3v) is 4.23. The number of fused-ring (bicyclic) bond motifs is 1. The molecule has 0 radical (unpaired) electrons. The van der Waals surface area contributed by atoms with E-state index in [0.717, 1.165) is 16.8 Å². The molecule has 9 nitrogen and oxygen atoms in total. The first-order chi connectivity index (χ1) is 10.3. The van der Waals surface area contributed by atoms with E-state index >= 15 is 0 Å². The highest BCUT2D eigenvalue weighted by atomic mass is 32.2. The van der Waals surface area contributed by atoms with E-state index in [1.807, 2.05) is 6.92 Å². The molecule has 22 heavy (non-hydrogen) atoms. The van der Waals surface area contributed by atoms with Crippen molar-refractivity contribution >= 4 is 16.0 Å². The zero-order chi connectivity index (χ0) is 16.1. The molecule has 0 aromatic carbocycles. The van der Waals surface area contributed by atoms with Crippen LogP contribution in [0.3, 0.4) is 0 Å². The van der Waals surface area contributed by atoms with Gasteiger partial charge in [0.25, 0.3) is 10.0 Å². The third kappa shape index (κ3) is 2.34. The van der Waals surface area contributed by atoms with Gasteiger partial charge in [0, 0.05) is 18.5 Å². The minimum Gasteiger partial charge on any atom is -0.477 e. The molecule has 2 aromatic rings. The van der Waals surface area contributed by atoms with Crippen LogP contribution in [0.25, 0.3) is 11.3 Å². The second-order valence-corrected chi connectivity index (χ2v) is 6.98. The van der Waals surface area contributed by atoms with Crippen LogP contribution < -0.4 is 4.74 Å². The highest BCUT2D eigenvalue weighted by Gasteiger charge is 2.30. The monoisotopic (exact) mass is 326 g/mol. The van der Waals surface area contributed by atoms with Crippen molar-refractivity contribution in [3.8, 4) is 17.1 Å². The van der Waals surface area contributed by atoms with Gasteiger partial charge in [-0.25, -0.2) is 17.9 Å². The van der Waals surface area contributed by atoms with Crippen LogP contribution in [0.4, 0.5) is 0 Å². The Kier molecular flexibility index (Phi) is 3.20. The molecule has 1 N–H and O–H groups in total. The van der Waals surface area contributed by atoms with Crippen molar-refractivity contribution in [2.24, 2.45) is 0 Å². The first-order valence-corrected chi connectivity index (χ1v) is 8.38. The van der Waals surface area contributed by atoms with Gasteiger partial charge in [0.2, 0.25) is 5.88 Å². The molecule has 1 aliphatic heterocycles. The molecule has 0 saturated carbocycles. The highest BCUT2D eigenvalue weighted by molar-refractivity contribution is 7.89. The maximum Gasteiger partial charge on any atom is 0.343 e. The van der Waals surface area contributed by atoms with Crippen LogP contribution in [-0.2, 0) is 16.6 Å². The Morgan fingerprint density at radius 2 is 2.23 bits per heavy atom. The van der Waals surface area contributed by atoms with Crippen molar-refractivity contribution in [3.05, 3.63) is 18.0 Å². The van der Waals surface area contributed by atoms with Crippen LogP contribution in [0.5, 0.6) is 5.88 Å². The SMILES string of the molecule is C[C@@H]1CCn2nc(-c3cnn(S(C)(=O)=O)c3)c(C(=O)O)c2O1.